The number of thiophene rings is 1. The third-order valence-electron chi connectivity index (χ3n) is 5.45. The highest BCUT2D eigenvalue weighted by Crippen LogP contribution is 2.39. The third kappa shape index (κ3) is 4.03. The number of hydrogen-bond donors (Lipinski definition) is 2. The predicted molar refractivity (Wildman–Crippen MR) is 127 cm³/mol. The Hall–Kier alpha value is -2.90. The molecule has 0 aliphatic carbocycles. The molecule has 0 saturated heterocycles. The molecule has 3 aromatic heterocycles. The number of rotatable bonds is 7. The minimum atomic E-state index is -0.316. The number of nitrogens with zero attached hydrogens (tertiary/aromatic N) is 2. The number of fused-ring (bicyclic) bond motifs is 3. The Morgan fingerprint density at radius 3 is 2.68 bits per heavy atom. The van der Waals surface area contributed by atoms with Crippen LogP contribution in [0.4, 0.5) is 10.1 Å². The van der Waals surface area contributed by atoms with Crippen molar-refractivity contribution in [1.29, 1.82) is 0 Å². The van der Waals surface area contributed by atoms with Gasteiger partial charge in [0.25, 0.3) is 0 Å². The minimum absolute atomic E-state index is 0.0223. The van der Waals surface area contributed by atoms with E-state index in [9.17, 15) is 9.18 Å². The van der Waals surface area contributed by atoms with E-state index in [1.54, 1.807) is 6.20 Å². The maximum Gasteiger partial charge on any atom is 0.162 e. The van der Waals surface area contributed by atoms with Crippen LogP contribution in [0.5, 0.6) is 0 Å². The molecule has 7 heteroatoms. The number of likely N-dealkylation sites (N-methyl/N-ethyl adjacent to an activating group) is 1. The van der Waals surface area contributed by atoms with E-state index >= 15 is 0 Å². The molecule has 1 atom stereocenters. The van der Waals surface area contributed by atoms with Crippen LogP contribution in [0.2, 0.25) is 0 Å². The number of aldehydes is 1. The number of anilines is 1. The lowest BCUT2D eigenvalue weighted by Gasteiger charge is -2.13. The summed E-state index contributed by atoms with van der Waals surface area (Å²) >= 11 is 1.47. The van der Waals surface area contributed by atoms with E-state index in [0.717, 1.165) is 33.0 Å². The molecule has 160 valence electrons. The highest BCUT2D eigenvalue weighted by Gasteiger charge is 2.17. The van der Waals surface area contributed by atoms with Gasteiger partial charge >= 0.3 is 0 Å². The van der Waals surface area contributed by atoms with E-state index < -0.39 is 0 Å². The van der Waals surface area contributed by atoms with Crippen molar-refractivity contribution in [3.63, 3.8) is 0 Å². The molecule has 0 unspecified atom stereocenters. The van der Waals surface area contributed by atoms with Gasteiger partial charge in [0, 0.05) is 39.8 Å². The molecule has 0 amide bonds. The number of hydrogen-bond acceptors (Lipinski definition) is 6. The molecular formula is C24H25FN4OS. The Balaban J connectivity index is 1.81. The summed E-state index contributed by atoms with van der Waals surface area (Å²) in [6, 6.07) is 9.55. The minimum Gasteiger partial charge on any atom is -0.382 e. The van der Waals surface area contributed by atoms with Gasteiger partial charge < -0.3 is 10.6 Å². The fourth-order valence-corrected chi connectivity index (χ4v) is 4.62. The smallest absolute Gasteiger partial charge is 0.162 e. The molecule has 0 fully saturated rings. The van der Waals surface area contributed by atoms with Gasteiger partial charge in [-0.05, 0) is 50.2 Å². The molecule has 0 aliphatic rings. The fraction of sp³-hybridized carbons (Fsp3) is 0.292. The lowest BCUT2D eigenvalue weighted by atomic mass is 10.0. The first kappa shape index (κ1) is 21.3. The summed E-state index contributed by atoms with van der Waals surface area (Å²) in [6.45, 7) is 6.61. The van der Waals surface area contributed by atoms with E-state index in [1.807, 2.05) is 45.2 Å². The lowest BCUT2D eigenvalue weighted by molar-refractivity contribution is 0.112. The Kier molecular flexibility index (Phi) is 5.98. The van der Waals surface area contributed by atoms with Crippen LogP contribution in [-0.4, -0.2) is 35.9 Å². The second kappa shape index (κ2) is 8.69. The number of pyridine rings is 2. The van der Waals surface area contributed by atoms with E-state index in [2.05, 4.69) is 22.5 Å². The van der Waals surface area contributed by atoms with Crippen LogP contribution in [0.1, 0.15) is 42.1 Å². The molecule has 31 heavy (non-hydrogen) atoms. The normalized spacial score (nSPS) is 12.6. The first-order valence-electron chi connectivity index (χ1n) is 10.3. The van der Waals surface area contributed by atoms with Gasteiger partial charge in [0.05, 0.1) is 27.5 Å². The summed E-state index contributed by atoms with van der Waals surface area (Å²) in [4.78, 5) is 21.4. The standard InChI is InChI=1S/C24H25FN4OS/c1-13(2)23-17(25)9-15(11-28-23)18-6-5-16-19(29-18)7-8-20-22(16)24(21(12-30)31-20)27-10-14(3)26-4/h5-9,11-14,26-27H,10H2,1-4H3/t14-/m1/s1. The first-order valence-corrected chi connectivity index (χ1v) is 11.1. The molecule has 0 saturated carbocycles. The van der Waals surface area contributed by atoms with Crippen LogP contribution in [0.15, 0.2) is 36.5 Å². The van der Waals surface area contributed by atoms with Crippen molar-refractivity contribution in [3.8, 4) is 11.3 Å². The van der Waals surface area contributed by atoms with Crippen LogP contribution in [0.3, 0.4) is 0 Å². The maximum absolute atomic E-state index is 14.4. The maximum atomic E-state index is 14.4. The van der Waals surface area contributed by atoms with Gasteiger partial charge in [-0.1, -0.05) is 13.8 Å². The van der Waals surface area contributed by atoms with Gasteiger partial charge in [-0.2, -0.15) is 0 Å². The zero-order valence-electron chi connectivity index (χ0n) is 18.0. The first-order chi connectivity index (χ1) is 14.9. The summed E-state index contributed by atoms with van der Waals surface area (Å²) in [6.07, 6.45) is 2.57. The SMILES string of the molecule is CN[C@H](C)CNc1c(C=O)sc2ccc3nc(-c4cnc(C(C)C)c(F)c4)ccc3c12. The van der Waals surface area contributed by atoms with Gasteiger partial charge in [0.2, 0.25) is 0 Å². The highest BCUT2D eigenvalue weighted by atomic mass is 32.1. The van der Waals surface area contributed by atoms with Gasteiger partial charge in [0.15, 0.2) is 6.29 Å². The largest absolute Gasteiger partial charge is 0.382 e. The van der Waals surface area contributed by atoms with Crippen molar-refractivity contribution in [2.75, 3.05) is 18.9 Å². The monoisotopic (exact) mass is 436 g/mol. The zero-order valence-corrected chi connectivity index (χ0v) is 18.8. The van der Waals surface area contributed by atoms with Crippen LogP contribution < -0.4 is 10.6 Å². The molecule has 0 spiro atoms. The molecule has 3 heterocycles. The second-order valence-electron chi connectivity index (χ2n) is 7.98. The molecule has 0 aliphatic heterocycles. The molecule has 4 aromatic rings. The average Bonchev–Trinajstić information content (AvgIpc) is 3.14. The van der Waals surface area contributed by atoms with E-state index in [1.165, 1.54) is 17.4 Å². The Morgan fingerprint density at radius 1 is 1.19 bits per heavy atom. The van der Waals surface area contributed by atoms with Crippen LogP contribution in [0.25, 0.3) is 32.2 Å². The molecule has 1 aromatic carbocycles. The number of halogens is 1. The van der Waals surface area contributed by atoms with Crippen molar-refractivity contribution >= 4 is 44.3 Å². The van der Waals surface area contributed by atoms with Crippen molar-refractivity contribution in [3.05, 3.63) is 52.9 Å². The Labute approximate surface area is 184 Å². The van der Waals surface area contributed by atoms with E-state index in [-0.39, 0.29) is 17.8 Å². The Morgan fingerprint density at radius 2 is 2.00 bits per heavy atom. The zero-order chi connectivity index (χ0) is 22.1. The summed E-state index contributed by atoms with van der Waals surface area (Å²) in [5.74, 6) is -0.294. The quantitative estimate of drug-likeness (QED) is 0.369. The molecule has 5 nitrogen and oxygen atoms in total. The topological polar surface area (TPSA) is 66.9 Å². The summed E-state index contributed by atoms with van der Waals surface area (Å²) < 4.78 is 15.5. The molecule has 2 N–H and O–H groups in total. The summed E-state index contributed by atoms with van der Waals surface area (Å²) in [7, 11) is 1.91. The fourth-order valence-electron chi connectivity index (χ4n) is 3.61. The summed E-state index contributed by atoms with van der Waals surface area (Å²) in [5, 5.41) is 8.57. The predicted octanol–water partition coefficient (Wildman–Crippen LogP) is 5.61. The van der Waals surface area contributed by atoms with Crippen molar-refractivity contribution < 1.29 is 9.18 Å². The number of nitrogens with one attached hydrogen (secondary N) is 2. The van der Waals surface area contributed by atoms with Gasteiger partial charge in [-0.15, -0.1) is 11.3 Å². The van der Waals surface area contributed by atoms with Crippen molar-refractivity contribution in [2.45, 2.75) is 32.7 Å². The Bertz CT molecular complexity index is 1270. The number of benzene rings is 1. The van der Waals surface area contributed by atoms with Crippen molar-refractivity contribution in [2.24, 2.45) is 0 Å². The van der Waals surface area contributed by atoms with Crippen molar-refractivity contribution in [1.82, 2.24) is 15.3 Å². The number of aromatic nitrogens is 2. The van der Waals surface area contributed by atoms with Crippen LogP contribution >= 0.6 is 11.3 Å². The third-order valence-corrected chi connectivity index (χ3v) is 6.53. The van der Waals surface area contributed by atoms with E-state index in [4.69, 9.17) is 4.98 Å². The van der Waals surface area contributed by atoms with Gasteiger partial charge in [-0.3, -0.25) is 9.78 Å². The number of carbonyl (C=O) groups is 1. The summed E-state index contributed by atoms with van der Waals surface area (Å²) in [5.41, 5.74) is 3.39. The van der Waals surface area contributed by atoms with E-state index in [0.29, 0.717) is 28.4 Å². The number of carbonyl (C=O) groups excluding carboxylic acids is 1. The molecule has 0 radical (unpaired) electrons. The second-order valence-corrected chi connectivity index (χ2v) is 9.06. The van der Waals surface area contributed by atoms with Gasteiger partial charge in [-0.25, -0.2) is 9.37 Å². The van der Waals surface area contributed by atoms with Crippen LogP contribution in [0, 0.1) is 5.82 Å². The molecule has 4 rings (SSSR count). The van der Waals surface area contributed by atoms with Crippen LogP contribution in [-0.2, 0) is 0 Å². The lowest BCUT2D eigenvalue weighted by Crippen LogP contribution is -2.29. The average molecular weight is 437 g/mol. The molecular weight excluding hydrogens is 411 g/mol. The molecule has 0 bridgehead atoms. The van der Waals surface area contributed by atoms with Gasteiger partial charge in [0.1, 0.15) is 5.82 Å². The highest BCUT2D eigenvalue weighted by molar-refractivity contribution is 7.21.